The van der Waals surface area contributed by atoms with Crippen molar-refractivity contribution < 1.29 is 23.8 Å². The maximum atomic E-state index is 12.7. The molecule has 11 heteroatoms. The van der Waals surface area contributed by atoms with E-state index in [1.807, 2.05) is 0 Å². The maximum absolute atomic E-state index is 12.7. The topological polar surface area (TPSA) is 120 Å². The lowest BCUT2D eigenvalue weighted by atomic mass is 10.2. The predicted molar refractivity (Wildman–Crippen MR) is 123 cm³/mol. The number of ether oxygens (including phenoxy) is 3. The molecule has 3 aromatic rings. The number of pyridine rings is 1. The molecule has 3 heterocycles. The predicted octanol–water partition coefficient (Wildman–Crippen LogP) is 3.47. The van der Waals surface area contributed by atoms with Gasteiger partial charge >= 0.3 is 6.09 Å². The van der Waals surface area contributed by atoms with Gasteiger partial charge in [-0.25, -0.2) is 9.78 Å². The minimum atomic E-state index is -0.689. The minimum absolute atomic E-state index is 0.105. The smallest absolute Gasteiger partial charge is 0.415 e. The number of nitrogens with zero attached hydrogens (tertiary/aromatic N) is 5. The molecule has 0 aliphatic heterocycles. The summed E-state index contributed by atoms with van der Waals surface area (Å²) in [6.45, 7) is 7.44. The number of hydrogen-bond donors (Lipinski definition) is 1. The van der Waals surface area contributed by atoms with Crippen LogP contribution >= 0.6 is 0 Å². The third kappa shape index (κ3) is 5.75. The molecular formula is C22H28N6O5. The van der Waals surface area contributed by atoms with Crippen molar-refractivity contribution in [3.8, 4) is 5.88 Å². The van der Waals surface area contributed by atoms with E-state index in [0.29, 0.717) is 29.9 Å². The second-order valence-electron chi connectivity index (χ2n) is 8.08. The van der Waals surface area contributed by atoms with Crippen molar-refractivity contribution >= 4 is 35.0 Å². The summed E-state index contributed by atoms with van der Waals surface area (Å²) in [5.74, 6) is 1.31. The zero-order valence-corrected chi connectivity index (χ0v) is 19.6. The Balaban J connectivity index is 2.08. The summed E-state index contributed by atoms with van der Waals surface area (Å²) in [6.07, 6.45) is 0.821. The zero-order valence-electron chi connectivity index (χ0n) is 19.6. The molecule has 0 aromatic carbocycles. The van der Waals surface area contributed by atoms with Gasteiger partial charge in [0.2, 0.25) is 5.88 Å². The molecule has 3 aromatic heterocycles. The van der Waals surface area contributed by atoms with Crippen LogP contribution < -0.4 is 15.0 Å². The van der Waals surface area contributed by atoms with E-state index in [2.05, 4.69) is 20.4 Å². The van der Waals surface area contributed by atoms with Gasteiger partial charge in [-0.1, -0.05) is 6.07 Å². The average molecular weight is 457 g/mol. The van der Waals surface area contributed by atoms with Gasteiger partial charge in [-0.05, 0) is 33.8 Å². The van der Waals surface area contributed by atoms with Gasteiger partial charge in [-0.3, -0.25) is 9.69 Å². The lowest BCUT2D eigenvalue weighted by molar-refractivity contribution is 0.0587. The number of hydrogen-bond acceptors (Lipinski definition) is 9. The van der Waals surface area contributed by atoms with E-state index in [1.165, 1.54) is 22.7 Å². The Morgan fingerprint density at radius 2 is 1.94 bits per heavy atom. The molecule has 1 amide bonds. The Bertz CT molecular complexity index is 1150. The summed E-state index contributed by atoms with van der Waals surface area (Å²) in [5.41, 5.74) is -0.159. The van der Waals surface area contributed by atoms with E-state index in [1.54, 1.807) is 59.0 Å². The molecular weight excluding hydrogens is 428 g/mol. The third-order valence-electron chi connectivity index (χ3n) is 4.39. The lowest BCUT2D eigenvalue weighted by Gasteiger charge is -2.25. The fraction of sp³-hybridized carbons (Fsp3) is 0.409. The Labute approximate surface area is 191 Å². The second-order valence-corrected chi connectivity index (χ2v) is 8.08. The molecule has 0 fully saturated rings. The van der Waals surface area contributed by atoms with Crippen molar-refractivity contribution in [2.75, 3.05) is 37.6 Å². The first-order valence-corrected chi connectivity index (χ1v) is 10.4. The summed E-state index contributed by atoms with van der Waals surface area (Å²) >= 11 is 0. The van der Waals surface area contributed by atoms with Gasteiger partial charge in [-0.15, -0.1) is 0 Å². The van der Waals surface area contributed by atoms with Crippen molar-refractivity contribution in [2.45, 2.75) is 33.3 Å². The van der Waals surface area contributed by atoms with Crippen molar-refractivity contribution in [3.63, 3.8) is 0 Å². The number of fused-ring (bicyclic) bond motifs is 1. The highest BCUT2D eigenvalue weighted by Gasteiger charge is 2.25. The summed E-state index contributed by atoms with van der Waals surface area (Å²) in [4.78, 5) is 35.6. The van der Waals surface area contributed by atoms with Gasteiger partial charge in [-0.2, -0.15) is 14.6 Å². The Hall–Kier alpha value is -3.73. The van der Waals surface area contributed by atoms with E-state index in [4.69, 9.17) is 14.2 Å². The largest absolute Gasteiger partial charge is 0.481 e. The lowest BCUT2D eigenvalue weighted by Crippen LogP contribution is -2.35. The molecule has 1 N–H and O–H groups in total. The Kier molecular flexibility index (Phi) is 7.12. The standard InChI is InChI=1S/C22H28N6O5/c1-7-32-13-15(29)14-12-23-28-19(27(5)21(30)33-22(2,3)4)11-17(26-20(14)28)24-16-9-8-10-18(25-16)31-6/h8-12H,7,13H2,1-6H3,(H,24,25,26). The number of carbonyl (C=O) groups is 2. The number of anilines is 3. The van der Waals surface area contributed by atoms with Crippen LogP contribution in [0.2, 0.25) is 0 Å². The van der Waals surface area contributed by atoms with Crippen molar-refractivity contribution in [1.29, 1.82) is 0 Å². The van der Waals surface area contributed by atoms with Crippen LogP contribution in [0, 0.1) is 0 Å². The SMILES string of the molecule is CCOCC(=O)c1cnn2c(N(C)C(=O)OC(C)(C)C)cc(Nc3cccc(OC)n3)nc12. The molecule has 0 bridgehead atoms. The maximum Gasteiger partial charge on any atom is 0.415 e. The van der Waals surface area contributed by atoms with Crippen molar-refractivity contribution in [3.05, 3.63) is 36.0 Å². The molecule has 0 aliphatic rings. The fourth-order valence-corrected chi connectivity index (χ4v) is 2.87. The zero-order chi connectivity index (χ0) is 24.2. The van der Waals surface area contributed by atoms with Gasteiger partial charge in [0.25, 0.3) is 0 Å². The van der Waals surface area contributed by atoms with Crippen molar-refractivity contribution in [1.82, 2.24) is 19.6 Å². The normalized spacial score (nSPS) is 11.3. The molecule has 0 spiro atoms. The van der Waals surface area contributed by atoms with Crippen LogP contribution in [0.1, 0.15) is 38.1 Å². The van der Waals surface area contributed by atoms with E-state index in [-0.39, 0.29) is 23.6 Å². The third-order valence-corrected chi connectivity index (χ3v) is 4.39. The van der Waals surface area contributed by atoms with Gasteiger partial charge < -0.3 is 19.5 Å². The number of ketones is 1. The summed E-state index contributed by atoms with van der Waals surface area (Å²) in [7, 11) is 3.08. The van der Waals surface area contributed by atoms with Crippen LogP contribution in [0.15, 0.2) is 30.5 Å². The number of nitrogens with one attached hydrogen (secondary N) is 1. The molecule has 0 radical (unpaired) electrons. The van der Waals surface area contributed by atoms with Gasteiger partial charge in [0.1, 0.15) is 29.7 Å². The first-order valence-electron chi connectivity index (χ1n) is 10.4. The molecule has 33 heavy (non-hydrogen) atoms. The first kappa shape index (κ1) is 23.9. The molecule has 0 saturated carbocycles. The monoisotopic (exact) mass is 456 g/mol. The summed E-state index contributed by atoms with van der Waals surface area (Å²) in [5, 5.41) is 7.38. The number of methoxy groups -OCH3 is 1. The molecule has 0 atom stereocenters. The van der Waals surface area contributed by atoms with Crippen LogP contribution in [-0.2, 0) is 9.47 Å². The number of rotatable bonds is 8. The van der Waals surface area contributed by atoms with Crippen LogP contribution in [-0.4, -0.2) is 64.4 Å². The molecule has 176 valence electrons. The van der Waals surface area contributed by atoms with Crippen LogP contribution in [0.3, 0.4) is 0 Å². The highest BCUT2D eigenvalue weighted by Crippen LogP contribution is 2.25. The average Bonchev–Trinajstić information content (AvgIpc) is 3.19. The van der Waals surface area contributed by atoms with Gasteiger partial charge in [0.05, 0.1) is 18.9 Å². The van der Waals surface area contributed by atoms with E-state index in [9.17, 15) is 9.59 Å². The number of aromatic nitrogens is 4. The highest BCUT2D eigenvalue weighted by atomic mass is 16.6. The van der Waals surface area contributed by atoms with Crippen LogP contribution in [0.25, 0.3) is 5.65 Å². The first-order chi connectivity index (χ1) is 15.6. The van der Waals surface area contributed by atoms with Gasteiger partial charge in [0, 0.05) is 25.8 Å². The molecule has 0 saturated heterocycles. The molecule has 11 nitrogen and oxygen atoms in total. The second kappa shape index (κ2) is 9.82. The number of amides is 1. The fourth-order valence-electron chi connectivity index (χ4n) is 2.87. The minimum Gasteiger partial charge on any atom is -0.481 e. The van der Waals surface area contributed by atoms with Crippen LogP contribution in [0.4, 0.5) is 22.2 Å². The Morgan fingerprint density at radius 1 is 1.18 bits per heavy atom. The number of carbonyl (C=O) groups excluding carboxylic acids is 2. The highest BCUT2D eigenvalue weighted by molar-refractivity contribution is 6.02. The number of Topliss-reactive ketones (excluding diaryl/α,β-unsaturated/α-hetero) is 1. The van der Waals surface area contributed by atoms with Gasteiger partial charge in [0.15, 0.2) is 11.4 Å². The summed E-state index contributed by atoms with van der Waals surface area (Å²) < 4.78 is 17.3. The van der Waals surface area contributed by atoms with Crippen molar-refractivity contribution in [2.24, 2.45) is 0 Å². The molecule has 3 rings (SSSR count). The quantitative estimate of drug-likeness (QED) is 0.508. The Morgan fingerprint density at radius 3 is 2.61 bits per heavy atom. The van der Waals surface area contributed by atoms with E-state index in [0.717, 1.165) is 0 Å². The molecule has 0 aliphatic carbocycles. The van der Waals surface area contributed by atoms with E-state index >= 15 is 0 Å². The summed E-state index contributed by atoms with van der Waals surface area (Å²) in [6, 6.07) is 6.84. The van der Waals surface area contributed by atoms with Crippen LogP contribution in [0.5, 0.6) is 5.88 Å². The molecule has 0 unspecified atom stereocenters. The van der Waals surface area contributed by atoms with E-state index < -0.39 is 11.7 Å².